The second-order valence-electron chi connectivity index (χ2n) is 4.89. The quantitative estimate of drug-likeness (QED) is 0.785. The van der Waals surface area contributed by atoms with Crippen molar-refractivity contribution in [3.8, 4) is 11.5 Å². The minimum Gasteiger partial charge on any atom is -0.420 e. The monoisotopic (exact) mass is 313 g/mol. The summed E-state index contributed by atoms with van der Waals surface area (Å²) >= 11 is 1.56. The lowest BCUT2D eigenvalue weighted by Crippen LogP contribution is -2.28. The predicted molar refractivity (Wildman–Crippen MR) is 84.3 cm³/mol. The molecule has 1 atom stereocenters. The van der Waals surface area contributed by atoms with Gasteiger partial charge in [0.05, 0.1) is 6.04 Å². The van der Waals surface area contributed by atoms with Crippen LogP contribution in [0.3, 0.4) is 0 Å². The number of rotatable bonds is 5. The highest BCUT2D eigenvalue weighted by Crippen LogP contribution is 2.20. The molecule has 2 aromatic heterocycles. The van der Waals surface area contributed by atoms with Crippen molar-refractivity contribution < 1.29 is 9.21 Å². The van der Waals surface area contributed by atoms with E-state index in [0.29, 0.717) is 11.8 Å². The molecule has 0 fully saturated rings. The van der Waals surface area contributed by atoms with Gasteiger partial charge in [0.25, 0.3) is 0 Å². The third-order valence-electron chi connectivity index (χ3n) is 3.22. The molecule has 3 rings (SSSR count). The van der Waals surface area contributed by atoms with Crippen LogP contribution in [-0.2, 0) is 11.2 Å². The second-order valence-corrected chi connectivity index (χ2v) is 5.67. The van der Waals surface area contributed by atoms with Crippen LogP contribution in [-0.4, -0.2) is 16.1 Å². The van der Waals surface area contributed by atoms with Crippen molar-refractivity contribution in [2.75, 3.05) is 0 Å². The Kier molecular flexibility index (Phi) is 4.29. The fourth-order valence-corrected chi connectivity index (χ4v) is 2.71. The summed E-state index contributed by atoms with van der Waals surface area (Å²) in [7, 11) is 0. The van der Waals surface area contributed by atoms with Gasteiger partial charge in [-0.1, -0.05) is 30.3 Å². The van der Waals surface area contributed by atoms with E-state index in [2.05, 4.69) is 15.5 Å². The second kappa shape index (κ2) is 6.53. The van der Waals surface area contributed by atoms with Gasteiger partial charge in [-0.25, -0.2) is 0 Å². The minimum absolute atomic E-state index is 0.0621. The number of benzene rings is 1. The fourth-order valence-electron chi connectivity index (χ4n) is 2.08. The highest BCUT2D eigenvalue weighted by molar-refractivity contribution is 7.08. The van der Waals surface area contributed by atoms with Crippen LogP contribution in [0.25, 0.3) is 11.5 Å². The zero-order chi connectivity index (χ0) is 15.4. The topological polar surface area (TPSA) is 68.0 Å². The van der Waals surface area contributed by atoms with E-state index in [0.717, 1.165) is 11.1 Å². The minimum atomic E-state index is -0.142. The van der Waals surface area contributed by atoms with Gasteiger partial charge in [0.1, 0.15) is 6.42 Å². The first-order chi connectivity index (χ1) is 10.7. The van der Waals surface area contributed by atoms with Crippen LogP contribution >= 0.6 is 11.3 Å². The van der Waals surface area contributed by atoms with Gasteiger partial charge in [-0.05, 0) is 23.9 Å². The van der Waals surface area contributed by atoms with E-state index in [1.165, 1.54) is 0 Å². The number of thiophene rings is 1. The number of aromatic nitrogens is 2. The molecule has 6 heteroatoms. The van der Waals surface area contributed by atoms with Gasteiger partial charge >= 0.3 is 0 Å². The SMILES string of the molecule is C[C@H](NC(=O)Cc1nnc(-c2ccsc2)o1)c1ccccc1. The van der Waals surface area contributed by atoms with E-state index in [1.54, 1.807) is 11.3 Å². The molecule has 0 aliphatic carbocycles. The molecule has 3 aromatic rings. The summed E-state index contributed by atoms with van der Waals surface area (Å²) in [5.41, 5.74) is 1.93. The number of amides is 1. The first kappa shape index (κ1) is 14.5. The fraction of sp³-hybridized carbons (Fsp3) is 0.188. The molecular weight excluding hydrogens is 298 g/mol. The Morgan fingerprint density at radius 3 is 2.82 bits per heavy atom. The molecule has 112 valence electrons. The molecule has 0 aliphatic rings. The molecule has 2 heterocycles. The Morgan fingerprint density at radius 2 is 2.09 bits per heavy atom. The molecule has 0 spiro atoms. The lowest BCUT2D eigenvalue weighted by molar-refractivity contribution is -0.121. The maximum absolute atomic E-state index is 12.1. The Balaban J connectivity index is 1.60. The zero-order valence-electron chi connectivity index (χ0n) is 12.0. The summed E-state index contributed by atoms with van der Waals surface area (Å²) in [5, 5.41) is 14.7. The molecular formula is C16H15N3O2S. The molecule has 1 amide bonds. The van der Waals surface area contributed by atoms with Gasteiger partial charge in [-0.15, -0.1) is 10.2 Å². The van der Waals surface area contributed by atoms with Crippen molar-refractivity contribution in [2.45, 2.75) is 19.4 Å². The van der Waals surface area contributed by atoms with Crippen LogP contribution in [0.4, 0.5) is 0 Å². The van der Waals surface area contributed by atoms with Crippen molar-refractivity contribution in [3.63, 3.8) is 0 Å². The van der Waals surface area contributed by atoms with Crippen LogP contribution < -0.4 is 5.32 Å². The molecule has 0 saturated carbocycles. The Bertz CT molecular complexity index is 738. The van der Waals surface area contributed by atoms with Crippen LogP contribution in [0.1, 0.15) is 24.4 Å². The predicted octanol–water partition coefficient (Wildman–Crippen LogP) is 3.22. The molecule has 1 aromatic carbocycles. The summed E-state index contributed by atoms with van der Waals surface area (Å²) in [4.78, 5) is 12.1. The Labute approximate surface area is 132 Å². The molecule has 5 nitrogen and oxygen atoms in total. The normalized spacial score (nSPS) is 12.0. The third kappa shape index (κ3) is 3.40. The van der Waals surface area contributed by atoms with Gasteiger partial charge in [-0.3, -0.25) is 4.79 Å². The summed E-state index contributed by atoms with van der Waals surface area (Å²) in [5.74, 6) is 0.621. The first-order valence-corrected chi connectivity index (χ1v) is 7.86. The van der Waals surface area contributed by atoms with Crippen LogP contribution in [0.5, 0.6) is 0 Å². The van der Waals surface area contributed by atoms with Crippen LogP contribution in [0.2, 0.25) is 0 Å². The lowest BCUT2D eigenvalue weighted by atomic mass is 10.1. The molecule has 0 radical (unpaired) electrons. The van der Waals surface area contributed by atoms with Gasteiger partial charge in [0, 0.05) is 10.9 Å². The van der Waals surface area contributed by atoms with E-state index < -0.39 is 0 Å². The number of carbonyl (C=O) groups is 1. The van der Waals surface area contributed by atoms with Gasteiger partial charge in [0.15, 0.2) is 0 Å². The Morgan fingerprint density at radius 1 is 1.27 bits per heavy atom. The van der Waals surface area contributed by atoms with E-state index in [4.69, 9.17) is 4.42 Å². The highest BCUT2D eigenvalue weighted by atomic mass is 32.1. The molecule has 0 saturated heterocycles. The largest absolute Gasteiger partial charge is 0.420 e. The molecule has 22 heavy (non-hydrogen) atoms. The number of carbonyl (C=O) groups excluding carboxylic acids is 1. The van der Waals surface area contributed by atoms with Crippen molar-refractivity contribution in [2.24, 2.45) is 0 Å². The molecule has 0 unspecified atom stereocenters. The number of nitrogens with one attached hydrogen (secondary N) is 1. The van der Waals surface area contributed by atoms with Crippen molar-refractivity contribution in [3.05, 3.63) is 58.6 Å². The van der Waals surface area contributed by atoms with Gasteiger partial charge < -0.3 is 9.73 Å². The van der Waals surface area contributed by atoms with E-state index >= 15 is 0 Å². The maximum Gasteiger partial charge on any atom is 0.248 e. The average molecular weight is 313 g/mol. The van der Waals surface area contributed by atoms with Crippen molar-refractivity contribution in [1.82, 2.24) is 15.5 Å². The number of hydrogen-bond acceptors (Lipinski definition) is 5. The van der Waals surface area contributed by atoms with Gasteiger partial charge in [-0.2, -0.15) is 11.3 Å². The van der Waals surface area contributed by atoms with Crippen molar-refractivity contribution in [1.29, 1.82) is 0 Å². The molecule has 0 aliphatic heterocycles. The number of nitrogens with zero attached hydrogens (tertiary/aromatic N) is 2. The van der Waals surface area contributed by atoms with Gasteiger partial charge in [0.2, 0.25) is 17.7 Å². The summed E-state index contributed by atoms with van der Waals surface area (Å²) in [6.45, 7) is 1.94. The molecule has 1 N–H and O–H groups in total. The molecule has 0 bridgehead atoms. The van der Waals surface area contributed by atoms with E-state index in [9.17, 15) is 4.79 Å². The summed E-state index contributed by atoms with van der Waals surface area (Å²) in [6, 6.07) is 11.6. The maximum atomic E-state index is 12.1. The van der Waals surface area contributed by atoms with Crippen molar-refractivity contribution >= 4 is 17.2 Å². The smallest absolute Gasteiger partial charge is 0.248 e. The average Bonchev–Trinajstić information content (AvgIpc) is 3.19. The van der Waals surface area contributed by atoms with E-state index in [-0.39, 0.29) is 18.4 Å². The Hall–Kier alpha value is -2.47. The first-order valence-electron chi connectivity index (χ1n) is 6.91. The highest BCUT2D eigenvalue weighted by Gasteiger charge is 2.14. The summed E-state index contributed by atoms with van der Waals surface area (Å²) in [6.07, 6.45) is 0.0777. The third-order valence-corrected chi connectivity index (χ3v) is 3.91. The zero-order valence-corrected chi connectivity index (χ0v) is 12.8. The summed E-state index contributed by atoms with van der Waals surface area (Å²) < 4.78 is 5.51. The number of hydrogen-bond donors (Lipinski definition) is 1. The lowest BCUT2D eigenvalue weighted by Gasteiger charge is -2.13. The van der Waals surface area contributed by atoms with Crippen LogP contribution in [0.15, 0.2) is 51.6 Å². The standard InChI is InChI=1S/C16H15N3O2S/c1-11(12-5-3-2-4-6-12)17-14(20)9-15-18-19-16(21-15)13-7-8-22-10-13/h2-8,10-11H,9H2,1H3,(H,17,20)/t11-/m0/s1. The van der Waals surface area contributed by atoms with E-state index in [1.807, 2.05) is 54.1 Å². The van der Waals surface area contributed by atoms with Crippen LogP contribution in [0, 0.1) is 0 Å².